The van der Waals surface area contributed by atoms with E-state index in [2.05, 4.69) is 194 Å². The lowest BCUT2D eigenvalue weighted by Gasteiger charge is -2.18. The lowest BCUT2D eigenvalue weighted by molar-refractivity contribution is 1.61. The average Bonchev–Trinajstić information content (AvgIpc) is 3.82. The first-order valence-electron chi connectivity index (χ1n) is 19.2. The lowest BCUT2D eigenvalue weighted by Crippen LogP contribution is -1.91. The van der Waals surface area contributed by atoms with E-state index in [4.69, 9.17) is 0 Å². The molecule has 0 aliphatic rings. The fourth-order valence-corrected chi connectivity index (χ4v) is 11.5. The minimum absolute atomic E-state index is 1.22. The third kappa shape index (κ3) is 4.90. The predicted octanol–water partition coefficient (Wildman–Crippen LogP) is 16.5. The van der Waals surface area contributed by atoms with Crippen molar-refractivity contribution in [2.45, 2.75) is 0 Å². The molecule has 0 saturated carbocycles. The summed E-state index contributed by atoms with van der Waals surface area (Å²) in [6, 6.07) is 72.0. The van der Waals surface area contributed by atoms with Crippen LogP contribution in [0.5, 0.6) is 0 Å². The van der Waals surface area contributed by atoms with Crippen LogP contribution >= 0.6 is 22.7 Å². The highest BCUT2D eigenvalue weighted by Gasteiger charge is 2.18. The Labute approximate surface area is 332 Å². The molecular formula is C54H32S2. The van der Waals surface area contributed by atoms with Crippen molar-refractivity contribution in [3.63, 3.8) is 0 Å². The summed E-state index contributed by atoms with van der Waals surface area (Å²) in [5, 5.41) is 13.1. The molecule has 0 amide bonds. The first-order valence-corrected chi connectivity index (χ1v) is 20.8. The quantitative estimate of drug-likeness (QED) is 0.157. The highest BCUT2D eigenvalue weighted by molar-refractivity contribution is 7.28. The number of benzene rings is 10. The van der Waals surface area contributed by atoms with Crippen molar-refractivity contribution in [1.29, 1.82) is 0 Å². The Morgan fingerprint density at radius 1 is 0.232 bits per heavy atom. The Morgan fingerprint density at radius 2 is 0.750 bits per heavy atom. The van der Waals surface area contributed by atoms with Gasteiger partial charge in [0, 0.05) is 40.3 Å². The Balaban J connectivity index is 0.952. The monoisotopic (exact) mass is 744 g/mol. The Morgan fingerprint density at radius 3 is 1.50 bits per heavy atom. The third-order valence-electron chi connectivity index (χ3n) is 11.6. The van der Waals surface area contributed by atoms with Crippen molar-refractivity contribution < 1.29 is 0 Å². The van der Waals surface area contributed by atoms with Crippen molar-refractivity contribution in [3.8, 4) is 44.5 Å². The first kappa shape index (κ1) is 31.7. The van der Waals surface area contributed by atoms with Crippen molar-refractivity contribution >= 4 is 95.3 Å². The second-order valence-electron chi connectivity index (χ2n) is 14.8. The Kier molecular flexibility index (Phi) is 7.07. The topological polar surface area (TPSA) is 0 Å². The second kappa shape index (κ2) is 12.5. The van der Waals surface area contributed by atoms with Crippen LogP contribution in [0.1, 0.15) is 0 Å². The van der Waals surface area contributed by atoms with Gasteiger partial charge in [0.05, 0.1) is 0 Å². The molecule has 0 atom stereocenters. The summed E-state index contributed by atoms with van der Waals surface area (Å²) in [7, 11) is 0. The summed E-state index contributed by atoms with van der Waals surface area (Å²) in [6.07, 6.45) is 0. The molecule has 0 spiro atoms. The van der Waals surface area contributed by atoms with Crippen LogP contribution in [0.4, 0.5) is 0 Å². The van der Waals surface area contributed by atoms with E-state index < -0.39 is 0 Å². The SMILES string of the molecule is c1ccc(-c2cccc(-c3c4ccccc4c(-c4ccc(-c5ccc6c(ccc7c8cc9c(cc8sc67)sc6ccccc69)c5)cc4)c4ccccc34)c2)cc1. The molecule has 0 bridgehead atoms. The molecule has 0 fully saturated rings. The van der Waals surface area contributed by atoms with Gasteiger partial charge in [0.15, 0.2) is 0 Å². The second-order valence-corrected chi connectivity index (χ2v) is 16.9. The Bertz CT molecular complexity index is 3450. The van der Waals surface area contributed by atoms with Gasteiger partial charge in [-0.25, -0.2) is 0 Å². The smallest absolute Gasteiger partial charge is 0.0433 e. The molecular weight excluding hydrogens is 713 g/mol. The van der Waals surface area contributed by atoms with Crippen molar-refractivity contribution in [2.75, 3.05) is 0 Å². The van der Waals surface area contributed by atoms with E-state index in [0.717, 1.165) is 0 Å². The van der Waals surface area contributed by atoms with E-state index in [1.165, 1.54) is 117 Å². The zero-order valence-corrected chi connectivity index (χ0v) is 31.9. The maximum absolute atomic E-state index is 2.42. The van der Waals surface area contributed by atoms with Crippen LogP contribution in [0.2, 0.25) is 0 Å². The van der Waals surface area contributed by atoms with Crippen LogP contribution < -0.4 is 0 Å². The molecule has 0 unspecified atom stereocenters. The van der Waals surface area contributed by atoms with Gasteiger partial charge in [0.1, 0.15) is 0 Å². The van der Waals surface area contributed by atoms with Gasteiger partial charge in [0.25, 0.3) is 0 Å². The molecule has 0 saturated heterocycles. The largest absolute Gasteiger partial charge is 0.135 e. The minimum atomic E-state index is 1.22. The van der Waals surface area contributed by atoms with Crippen LogP contribution in [0, 0.1) is 0 Å². The predicted molar refractivity (Wildman–Crippen MR) is 246 cm³/mol. The maximum Gasteiger partial charge on any atom is 0.0433 e. The van der Waals surface area contributed by atoms with Crippen LogP contribution in [-0.2, 0) is 0 Å². The standard InChI is InChI=1S/C54H32S2/c1-2-11-33(12-3-1)36-13-10-14-39(30-36)53-44-18-6-4-16-42(44)52(43-17-5-7-19-45(43)53)35-23-21-34(22-24-35)37-25-27-40-38(29-37)26-28-46-48-31-47-41-15-8-9-20-49(41)55-50(47)32-51(48)56-54(40)46/h1-32H. The highest BCUT2D eigenvalue weighted by Crippen LogP contribution is 2.46. The Hall–Kier alpha value is -6.58. The van der Waals surface area contributed by atoms with Gasteiger partial charge < -0.3 is 0 Å². The molecule has 12 aromatic rings. The van der Waals surface area contributed by atoms with Crippen LogP contribution in [-0.4, -0.2) is 0 Å². The van der Waals surface area contributed by atoms with Gasteiger partial charge in [-0.15, -0.1) is 22.7 Å². The molecule has 0 nitrogen and oxygen atoms in total. The number of rotatable bonds is 4. The molecule has 2 aromatic heterocycles. The zero-order chi connectivity index (χ0) is 36.7. The number of hydrogen-bond acceptors (Lipinski definition) is 2. The molecule has 0 aliphatic carbocycles. The molecule has 56 heavy (non-hydrogen) atoms. The van der Waals surface area contributed by atoms with Crippen molar-refractivity contribution in [3.05, 3.63) is 194 Å². The fourth-order valence-electron chi connectivity index (χ4n) is 9.03. The minimum Gasteiger partial charge on any atom is -0.135 e. The van der Waals surface area contributed by atoms with Gasteiger partial charge >= 0.3 is 0 Å². The first-order chi connectivity index (χ1) is 27.7. The van der Waals surface area contributed by atoms with E-state index in [1.807, 2.05) is 22.7 Å². The van der Waals surface area contributed by atoms with Crippen molar-refractivity contribution in [1.82, 2.24) is 0 Å². The van der Waals surface area contributed by atoms with E-state index >= 15 is 0 Å². The summed E-state index contributed by atoms with van der Waals surface area (Å²) in [6.45, 7) is 0. The number of hydrogen-bond donors (Lipinski definition) is 0. The van der Waals surface area contributed by atoms with Gasteiger partial charge in [-0.2, -0.15) is 0 Å². The molecule has 260 valence electrons. The van der Waals surface area contributed by atoms with Crippen molar-refractivity contribution in [2.24, 2.45) is 0 Å². The molecule has 10 aromatic carbocycles. The summed E-state index contributed by atoms with van der Waals surface area (Å²) in [5.41, 5.74) is 9.95. The van der Waals surface area contributed by atoms with Gasteiger partial charge in [-0.1, -0.05) is 164 Å². The normalized spacial score (nSPS) is 11.9. The molecule has 0 radical (unpaired) electrons. The number of thiophene rings is 2. The molecule has 2 heterocycles. The number of fused-ring (bicyclic) bond motifs is 10. The maximum atomic E-state index is 2.42. The summed E-state index contributed by atoms with van der Waals surface area (Å²) >= 11 is 3.82. The average molecular weight is 745 g/mol. The summed E-state index contributed by atoms with van der Waals surface area (Å²) in [4.78, 5) is 0. The van der Waals surface area contributed by atoms with Crippen LogP contribution in [0.25, 0.3) is 117 Å². The molecule has 2 heteroatoms. The zero-order valence-electron chi connectivity index (χ0n) is 30.3. The van der Waals surface area contributed by atoms with E-state index in [-0.39, 0.29) is 0 Å². The van der Waals surface area contributed by atoms with Gasteiger partial charge in [0.2, 0.25) is 0 Å². The lowest BCUT2D eigenvalue weighted by atomic mass is 9.85. The molecule has 0 N–H and O–H groups in total. The molecule has 12 rings (SSSR count). The van der Waals surface area contributed by atoms with Crippen LogP contribution in [0.3, 0.4) is 0 Å². The third-order valence-corrected chi connectivity index (χ3v) is 14.0. The summed E-state index contributed by atoms with van der Waals surface area (Å²) in [5.74, 6) is 0. The van der Waals surface area contributed by atoms with Crippen LogP contribution in [0.15, 0.2) is 194 Å². The van der Waals surface area contributed by atoms with Gasteiger partial charge in [-0.3, -0.25) is 0 Å². The van der Waals surface area contributed by atoms with E-state index in [9.17, 15) is 0 Å². The fraction of sp³-hybridized carbons (Fsp3) is 0. The van der Waals surface area contributed by atoms with Gasteiger partial charge in [-0.05, 0) is 107 Å². The molecule has 0 aliphatic heterocycles. The van der Waals surface area contributed by atoms with E-state index in [1.54, 1.807) is 0 Å². The highest BCUT2D eigenvalue weighted by atomic mass is 32.1. The van der Waals surface area contributed by atoms with E-state index in [0.29, 0.717) is 0 Å². The summed E-state index contributed by atoms with van der Waals surface area (Å²) < 4.78 is 5.46.